The second kappa shape index (κ2) is 6.91. The molecule has 2 amide bonds. The average molecular weight is 346 g/mol. The lowest BCUT2D eigenvalue weighted by Crippen LogP contribution is -2.54. The van der Waals surface area contributed by atoms with Gasteiger partial charge in [-0.3, -0.25) is 14.5 Å². The molecule has 0 aromatic carbocycles. The molecule has 6 nitrogen and oxygen atoms in total. The van der Waals surface area contributed by atoms with E-state index >= 15 is 0 Å². The molecule has 1 aliphatic heterocycles. The summed E-state index contributed by atoms with van der Waals surface area (Å²) in [5.74, 6) is 0.246. The van der Waals surface area contributed by atoms with Crippen molar-refractivity contribution in [2.75, 3.05) is 32.7 Å². The van der Waals surface area contributed by atoms with Crippen LogP contribution in [0.1, 0.15) is 29.4 Å². The summed E-state index contributed by atoms with van der Waals surface area (Å²) in [6.07, 6.45) is 2.02. The molecule has 7 heteroatoms. The summed E-state index contributed by atoms with van der Waals surface area (Å²) in [7, 11) is 0. The molecule has 1 aromatic heterocycles. The van der Waals surface area contributed by atoms with Gasteiger partial charge in [-0.25, -0.2) is 0 Å². The van der Waals surface area contributed by atoms with Crippen molar-refractivity contribution in [3.8, 4) is 6.07 Å². The number of amides is 2. The normalized spacial score (nSPS) is 20.9. The Balaban J connectivity index is 1.46. The van der Waals surface area contributed by atoms with Gasteiger partial charge in [0, 0.05) is 26.2 Å². The molecule has 0 spiro atoms. The Kier molecular flexibility index (Phi) is 4.88. The topological polar surface area (TPSA) is 76.4 Å². The number of nitrogens with one attached hydrogen (secondary N) is 1. The molecule has 2 aliphatic rings. The van der Waals surface area contributed by atoms with Crippen LogP contribution in [-0.4, -0.2) is 59.9 Å². The zero-order valence-electron chi connectivity index (χ0n) is 13.8. The van der Waals surface area contributed by atoms with Crippen molar-refractivity contribution < 1.29 is 9.59 Å². The van der Waals surface area contributed by atoms with Crippen LogP contribution in [0.2, 0.25) is 0 Å². The molecule has 0 unspecified atom stereocenters. The minimum atomic E-state index is -0.742. The summed E-state index contributed by atoms with van der Waals surface area (Å²) in [5.41, 5.74) is -0.742. The predicted octanol–water partition coefficient (Wildman–Crippen LogP) is 1.31. The first kappa shape index (κ1) is 16.9. The van der Waals surface area contributed by atoms with Gasteiger partial charge in [0.2, 0.25) is 5.91 Å². The van der Waals surface area contributed by atoms with E-state index in [2.05, 4.69) is 11.4 Å². The van der Waals surface area contributed by atoms with E-state index in [1.54, 1.807) is 6.92 Å². The third-order valence-corrected chi connectivity index (χ3v) is 5.64. The van der Waals surface area contributed by atoms with E-state index in [0.717, 1.165) is 17.7 Å². The predicted molar refractivity (Wildman–Crippen MR) is 91.5 cm³/mol. The Morgan fingerprint density at radius 3 is 2.62 bits per heavy atom. The number of rotatable bonds is 5. The van der Waals surface area contributed by atoms with E-state index in [9.17, 15) is 14.9 Å². The van der Waals surface area contributed by atoms with Crippen LogP contribution < -0.4 is 5.32 Å². The van der Waals surface area contributed by atoms with Crippen LogP contribution in [-0.2, 0) is 4.79 Å². The van der Waals surface area contributed by atoms with Gasteiger partial charge in [0.05, 0.1) is 17.5 Å². The summed E-state index contributed by atoms with van der Waals surface area (Å²) in [6.45, 7) is 4.70. The number of piperazine rings is 1. The first-order valence-electron chi connectivity index (χ1n) is 8.29. The zero-order chi connectivity index (χ0) is 17.2. The third-order valence-electron chi connectivity index (χ3n) is 4.78. The molecule has 24 heavy (non-hydrogen) atoms. The van der Waals surface area contributed by atoms with Crippen molar-refractivity contribution in [1.82, 2.24) is 15.1 Å². The lowest BCUT2D eigenvalue weighted by atomic mass is 9.98. The summed E-state index contributed by atoms with van der Waals surface area (Å²) in [6, 6.07) is 5.96. The number of thiophene rings is 1. The fraction of sp³-hybridized carbons (Fsp3) is 0.588. The monoisotopic (exact) mass is 346 g/mol. The minimum Gasteiger partial charge on any atom is -0.337 e. The maximum absolute atomic E-state index is 12.3. The van der Waals surface area contributed by atoms with Crippen molar-refractivity contribution >= 4 is 23.2 Å². The Hall–Kier alpha value is -1.91. The highest BCUT2D eigenvalue weighted by Gasteiger charge is 2.43. The third kappa shape index (κ3) is 3.77. The van der Waals surface area contributed by atoms with Crippen LogP contribution in [0.3, 0.4) is 0 Å². The summed E-state index contributed by atoms with van der Waals surface area (Å²) in [5, 5.41) is 14.1. The van der Waals surface area contributed by atoms with E-state index in [1.165, 1.54) is 11.3 Å². The van der Waals surface area contributed by atoms with Gasteiger partial charge >= 0.3 is 0 Å². The van der Waals surface area contributed by atoms with E-state index in [-0.39, 0.29) is 24.3 Å². The van der Waals surface area contributed by atoms with Gasteiger partial charge in [-0.2, -0.15) is 5.26 Å². The standard InChI is InChI=1S/C17H22N4O2S/c1-17(12-18,13-4-5-13)19-15(22)11-20-6-8-21(9-7-20)16(23)14-3-2-10-24-14/h2-3,10,13H,4-9,11H2,1H3,(H,19,22)/t17-/m1/s1. The van der Waals surface area contributed by atoms with Gasteiger partial charge < -0.3 is 10.2 Å². The zero-order valence-corrected chi connectivity index (χ0v) is 14.6. The summed E-state index contributed by atoms with van der Waals surface area (Å²) in [4.78, 5) is 29.2. The van der Waals surface area contributed by atoms with Gasteiger partial charge in [-0.15, -0.1) is 11.3 Å². The molecule has 1 atom stereocenters. The highest BCUT2D eigenvalue weighted by atomic mass is 32.1. The molecule has 2 fully saturated rings. The van der Waals surface area contributed by atoms with Gasteiger partial charge in [-0.1, -0.05) is 6.07 Å². The maximum Gasteiger partial charge on any atom is 0.264 e. The number of carbonyl (C=O) groups is 2. The highest BCUT2D eigenvalue weighted by molar-refractivity contribution is 7.12. The quantitative estimate of drug-likeness (QED) is 0.872. The largest absolute Gasteiger partial charge is 0.337 e. The molecule has 128 valence electrons. The lowest BCUT2D eigenvalue weighted by Gasteiger charge is -2.34. The first-order chi connectivity index (χ1) is 11.5. The second-order valence-electron chi connectivity index (χ2n) is 6.68. The SMILES string of the molecule is C[C@](C#N)(NC(=O)CN1CCN(C(=O)c2cccs2)CC1)C1CC1. The number of nitrogens with zero attached hydrogens (tertiary/aromatic N) is 3. The lowest BCUT2D eigenvalue weighted by molar-refractivity contribution is -0.124. The van der Waals surface area contributed by atoms with Crippen LogP contribution in [0.5, 0.6) is 0 Å². The van der Waals surface area contributed by atoms with Crippen LogP contribution in [0.25, 0.3) is 0 Å². The molecule has 2 heterocycles. The molecule has 1 aromatic rings. The van der Waals surface area contributed by atoms with Gasteiger partial charge in [0.15, 0.2) is 0 Å². The minimum absolute atomic E-state index is 0.0693. The molecule has 3 rings (SSSR count). The van der Waals surface area contributed by atoms with Crippen molar-refractivity contribution in [1.29, 1.82) is 5.26 Å². The Morgan fingerprint density at radius 1 is 1.38 bits per heavy atom. The molecule has 1 aliphatic carbocycles. The second-order valence-corrected chi connectivity index (χ2v) is 7.63. The van der Waals surface area contributed by atoms with E-state index in [4.69, 9.17) is 0 Å². The van der Waals surface area contributed by atoms with Crippen molar-refractivity contribution in [2.24, 2.45) is 5.92 Å². The van der Waals surface area contributed by atoms with E-state index < -0.39 is 5.54 Å². The number of hydrogen-bond donors (Lipinski definition) is 1. The fourth-order valence-corrected chi connectivity index (χ4v) is 3.77. The molecular weight excluding hydrogens is 324 g/mol. The van der Waals surface area contributed by atoms with Crippen LogP contribution in [0.15, 0.2) is 17.5 Å². The Morgan fingerprint density at radius 2 is 2.08 bits per heavy atom. The van der Waals surface area contributed by atoms with Crippen LogP contribution in [0, 0.1) is 17.2 Å². The molecule has 1 saturated carbocycles. The Labute approximate surface area is 146 Å². The summed E-state index contributed by atoms with van der Waals surface area (Å²) >= 11 is 1.45. The van der Waals surface area contributed by atoms with Crippen molar-refractivity contribution in [2.45, 2.75) is 25.3 Å². The van der Waals surface area contributed by atoms with E-state index in [1.807, 2.05) is 27.3 Å². The van der Waals surface area contributed by atoms with Crippen LogP contribution in [0.4, 0.5) is 0 Å². The van der Waals surface area contributed by atoms with Gasteiger partial charge in [-0.05, 0) is 37.1 Å². The number of nitriles is 1. The smallest absolute Gasteiger partial charge is 0.264 e. The number of hydrogen-bond acceptors (Lipinski definition) is 5. The van der Waals surface area contributed by atoms with Gasteiger partial charge in [0.1, 0.15) is 5.54 Å². The summed E-state index contributed by atoms with van der Waals surface area (Å²) < 4.78 is 0. The van der Waals surface area contributed by atoms with Crippen molar-refractivity contribution in [3.05, 3.63) is 22.4 Å². The van der Waals surface area contributed by atoms with E-state index in [0.29, 0.717) is 26.2 Å². The fourth-order valence-electron chi connectivity index (χ4n) is 3.08. The molecule has 1 saturated heterocycles. The molecular formula is C17H22N4O2S. The van der Waals surface area contributed by atoms with Crippen LogP contribution >= 0.6 is 11.3 Å². The van der Waals surface area contributed by atoms with Crippen molar-refractivity contribution in [3.63, 3.8) is 0 Å². The number of carbonyl (C=O) groups excluding carboxylic acids is 2. The average Bonchev–Trinajstić information content (AvgIpc) is 3.31. The molecule has 0 bridgehead atoms. The molecule has 1 N–H and O–H groups in total. The Bertz CT molecular complexity index is 642. The highest BCUT2D eigenvalue weighted by Crippen LogP contribution is 2.39. The first-order valence-corrected chi connectivity index (χ1v) is 9.17. The molecule has 0 radical (unpaired) electrons. The maximum atomic E-state index is 12.3. The van der Waals surface area contributed by atoms with Gasteiger partial charge in [0.25, 0.3) is 5.91 Å².